The third-order valence-corrected chi connectivity index (χ3v) is 7.38. The van der Waals surface area contributed by atoms with Crippen molar-refractivity contribution in [1.82, 2.24) is 34.8 Å². The Morgan fingerprint density at radius 3 is 2.95 bits per heavy atom. The fourth-order valence-electron chi connectivity index (χ4n) is 5.22. The number of methoxy groups -OCH3 is 1. The fraction of sp³-hybridized carbons (Fsp3) is 0.370. The summed E-state index contributed by atoms with van der Waals surface area (Å²) in [6, 6.07) is 8.65. The van der Waals surface area contributed by atoms with E-state index in [9.17, 15) is 9.59 Å². The first-order valence-corrected chi connectivity index (χ1v) is 12.7. The van der Waals surface area contributed by atoms with Gasteiger partial charge in [0, 0.05) is 42.9 Å². The van der Waals surface area contributed by atoms with Gasteiger partial charge in [-0.05, 0) is 37.3 Å². The van der Waals surface area contributed by atoms with E-state index in [1.54, 1.807) is 41.2 Å². The number of rotatable bonds is 2. The highest BCUT2D eigenvalue weighted by Gasteiger charge is 2.39. The number of pyridine rings is 1. The van der Waals surface area contributed by atoms with E-state index < -0.39 is 18.1 Å². The summed E-state index contributed by atoms with van der Waals surface area (Å²) in [6.07, 6.45) is 2.88. The normalized spacial score (nSPS) is 19.6. The quantitative estimate of drug-likeness (QED) is 0.415. The van der Waals surface area contributed by atoms with Gasteiger partial charge in [0.2, 0.25) is 0 Å². The molecule has 2 atom stereocenters. The molecule has 1 saturated heterocycles. The number of nitrogens with zero attached hydrogens (tertiary/aromatic N) is 6. The van der Waals surface area contributed by atoms with Crippen molar-refractivity contribution in [3.63, 3.8) is 0 Å². The third kappa shape index (κ3) is 4.56. The molecule has 2 amide bonds. The highest BCUT2D eigenvalue weighted by atomic mass is 16.5. The van der Waals surface area contributed by atoms with Gasteiger partial charge in [-0.1, -0.05) is 5.21 Å². The minimum atomic E-state index is -0.473. The van der Waals surface area contributed by atoms with Gasteiger partial charge in [0.25, 0.3) is 11.8 Å². The maximum atomic E-state index is 14.0. The zero-order valence-corrected chi connectivity index (χ0v) is 22.0. The van der Waals surface area contributed by atoms with Crippen LogP contribution in [0.1, 0.15) is 32.2 Å². The van der Waals surface area contributed by atoms with Crippen LogP contribution in [-0.2, 0) is 24.9 Å². The van der Waals surface area contributed by atoms with Gasteiger partial charge in [0.15, 0.2) is 11.4 Å². The number of aromatic nitrogens is 5. The van der Waals surface area contributed by atoms with Crippen LogP contribution < -0.4 is 14.8 Å². The first kappa shape index (κ1) is 24.9. The van der Waals surface area contributed by atoms with E-state index in [0.29, 0.717) is 42.5 Å². The number of hydrogen-bond acceptors (Lipinski definition) is 8. The number of amides is 2. The molecule has 0 radical (unpaired) electrons. The van der Waals surface area contributed by atoms with Crippen molar-refractivity contribution in [2.45, 2.75) is 32.2 Å². The molecule has 0 unspecified atom stereocenters. The maximum absolute atomic E-state index is 14.0. The predicted molar refractivity (Wildman–Crippen MR) is 140 cm³/mol. The number of hydrogen-bond donors (Lipinski definition) is 1. The Hall–Kier alpha value is -4.45. The van der Waals surface area contributed by atoms with E-state index in [0.717, 1.165) is 16.6 Å². The van der Waals surface area contributed by atoms with E-state index >= 15 is 0 Å². The molecule has 12 heteroatoms. The molecular weight excluding hydrogens is 502 g/mol. The number of fused-ring (bicyclic) bond motifs is 5. The number of ether oxygens (including phenoxy) is 3. The van der Waals surface area contributed by atoms with Crippen LogP contribution in [0.25, 0.3) is 10.9 Å². The number of carbonyl (C=O) groups is 2. The van der Waals surface area contributed by atoms with Gasteiger partial charge in [-0.15, -0.1) is 5.10 Å². The topological polar surface area (TPSA) is 126 Å². The standard InChI is InChI=1S/C27H29N7O5/c1-16-24(19-11-18(37-3)6-7-21(19)32(16)2)27(36)33-13-20-23(14-33)39-15-17-12-34(31-30-17)9-10-38-22-5-4-8-28-25(22)26(35)29-20/h4-8,11-12,20,23H,9-10,13-15H2,1-3H3,(H,29,35)/t20-,23-/m0/s1. The third-order valence-electron chi connectivity index (χ3n) is 7.38. The van der Waals surface area contributed by atoms with Gasteiger partial charge < -0.3 is 29.0 Å². The SMILES string of the molecule is COc1ccc2c(c1)c(C(=O)N1C[C@@H]3NC(=O)c4ncccc4OCCn4cc(nn4)CO[C@H]3C1)c(C)n2C. The molecule has 1 N–H and O–H groups in total. The van der Waals surface area contributed by atoms with Crippen LogP contribution in [0.4, 0.5) is 0 Å². The second-order valence-corrected chi connectivity index (χ2v) is 9.71. The Bertz CT molecular complexity index is 1560. The Kier molecular flexibility index (Phi) is 6.39. The van der Waals surface area contributed by atoms with Gasteiger partial charge in [0.05, 0.1) is 44.2 Å². The summed E-state index contributed by atoms with van der Waals surface area (Å²) in [5, 5.41) is 12.2. The first-order valence-electron chi connectivity index (χ1n) is 12.7. The Balaban J connectivity index is 1.32. The average Bonchev–Trinajstić information content (AvgIpc) is 3.63. The molecule has 12 nitrogen and oxygen atoms in total. The molecule has 3 aromatic heterocycles. The van der Waals surface area contributed by atoms with E-state index in [2.05, 4.69) is 20.6 Å². The van der Waals surface area contributed by atoms with E-state index in [1.165, 1.54) is 0 Å². The minimum absolute atomic E-state index is 0.137. The zero-order chi connectivity index (χ0) is 27.1. The maximum Gasteiger partial charge on any atom is 0.274 e. The molecule has 4 aromatic rings. The summed E-state index contributed by atoms with van der Waals surface area (Å²) < 4.78 is 21.2. The number of aryl methyl sites for hydroxylation is 1. The van der Waals surface area contributed by atoms with E-state index in [1.807, 2.05) is 36.7 Å². The average molecular weight is 532 g/mol. The fourth-order valence-corrected chi connectivity index (χ4v) is 5.22. The molecule has 0 spiro atoms. The zero-order valence-electron chi connectivity index (χ0n) is 22.0. The molecule has 0 aliphatic carbocycles. The van der Waals surface area contributed by atoms with Crippen LogP contribution in [0.5, 0.6) is 11.5 Å². The summed E-state index contributed by atoms with van der Waals surface area (Å²) in [5.74, 6) is 0.519. The van der Waals surface area contributed by atoms with Crippen molar-refractivity contribution in [2.24, 2.45) is 7.05 Å². The van der Waals surface area contributed by atoms with Gasteiger partial charge in [0.1, 0.15) is 18.1 Å². The molecular formula is C27H29N7O5. The predicted octanol–water partition coefficient (Wildman–Crippen LogP) is 1.71. The van der Waals surface area contributed by atoms with Crippen molar-refractivity contribution in [3.05, 3.63) is 65.4 Å². The first-order chi connectivity index (χ1) is 18.9. The lowest BCUT2D eigenvalue weighted by atomic mass is 10.1. The lowest BCUT2D eigenvalue weighted by Crippen LogP contribution is -2.44. The van der Waals surface area contributed by atoms with Crippen LogP contribution in [0, 0.1) is 6.92 Å². The summed E-state index contributed by atoms with van der Waals surface area (Å²) in [4.78, 5) is 33.3. The highest BCUT2D eigenvalue weighted by molar-refractivity contribution is 6.09. The number of likely N-dealkylation sites (tertiary alicyclic amines) is 1. The highest BCUT2D eigenvalue weighted by Crippen LogP contribution is 2.31. The molecule has 2 bridgehead atoms. The monoisotopic (exact) mass is 531 g/mol. The number of benzene rings is 1. The molecule has 39 heavy (non-hydrogen) atoms. The van der Waals surface area contributed by atoms with Crippen molar-refractivity contribution in [2.75, 3.05) is 26.8 Å². The Morgan fingerprint density at radius 2 is 2.10 bits per heavy atom. The summed E-state index contributed by atoms with van der Waals surface area (Å²) in [7, 11) is 3.54. The van der Waals surface area contributed by atoms with Gasteiger partial charge in [-0.2, -0.15) is 0 Å². The Labute approximate surface area is 224 Å². The van der Waals surface area contributed by atoms with Crippen molar-refractivity contribution >= 4 is 22.7 Å². The minimum Gasteiger partial charge on any atom is -0.497 e. The molecule has 202 valence electrons. The van der Waals surface area contributed by atoms with Gasteiger partial charge in [-0.3, -0.25) is 9.59 Å². The van der Waals surface area contributed by atoms with Crippen LogP contribution >= 0.6 is 0 Å². The second kappa shape index (κ2) is 10.0. The molecule has 2 aliphatic heterocycles. The smallest absolute Gasteiger partial charge is 0.274 e. The summed E-state index contributed by atoms with van der Waals surface area (Å²) in [5.41, 5.74) is 3.21. The van der Waals surface area contributed by atoms with Crippen LogP contribution in [-0.4, -0.2) is 80.2 Å². The van der Waals surface area contributed by atoms with Crippen LogP contribution in [0.15, 0.2) is 42.7 Å². The number of carbonyl (C=O) groups excluding carboxylic acids is 2. The lowest BCUT2D eigenvalue weighted by molar-refractivity contribution is 0.0290. The van der Waals surface area contributed by atoms with E-state index in [-0.39, 0.29) is 24.8 Å². The molecule has 1 aromatic carbocycles. The molecule has 0 saturated carbocycles. The van der Waals surface area contributed by atoms with Gasteiger partial charge >= 0.3 is 0 Å². The van der Waals surface area contributed by atoms with E-state index in [4.69, 9.17) is 14.2 Å². The van der Waals surface area contributed by atoms with Gasteiger partial charge in [-0.25, -0.2) is 9.67 Å². The van der Waals surface area contributed by atoms with Crippen LogP contribution in [0.2, 0.25) is 0 Å². The lowest BCUT2D eigenvalue weighted by Gasteiger charge is -2.20. The summed E-state index contributed by atoms with van der Waals surface area (Å²) >= 11 is 0. The largest absolute Gasteiger partial charge is 0.497 e. The number of nitrogens with one attached hydrogen (secondary N) is 1. The molecule has 2 aliphatic rings. The molecule has 1 fully saturated rings. The second-order valence-electron chi connectivity index (χ2n) is 9.71. The van der Waals surface area contributed by atoms with Crippen molar-refractivity contribution in [1.29, 1.82) is 0 Å². The van der Waals surface area contributed by atoms with Crippen LogP contribution in [0.3, 0.4) is 0 Å². The van der Waals surface area contributed by atoms with Crippen molar-refractivity contribution in [3.8, 4) is 11.5 Å². The van der Waals surface area contributed by atoms with Crippen molar-refractivity contribution < 1.29 is 23.8 Å². The molecule has 6 rings (SSSR count). The molecule has 5 heterocycles. The summed E-state index contributed by atoms with van der Waals surface area (Å²) in [6.45, 7) is 3.43. The Morgan fingerprint density at radius 1 is 1.23 bits per heavy atom.